The highest BCUT2D eigenvalue weighted by Gasteiger charge is 2.15. The lowest BCUT2D eigenvalue weighted by atomic mass is 10.1. The van der Waals surface area contributed by atoms with E-state index in [0.717, 1.165) is 23.5 Å². The second-order valence-corrected chi connectivity index (χ2v) is 5.20. The molecule has 0 aliphatic heterocycles. The van der Waals surface area contributed by atoms with Crippen LogP contribution in [-0.4, -0.2) is 35.1 Å². The van der Waals surface area contributed by atoms with E-state index in [-0.39, 0.29) is 5.91 Å². The Morgan fingerprint density at radius 2 is 2.10 bits per heavy atom. The van der Waals surface area contributed by atoms with Crippen molar-refractivity contribution in [2.75, 3.05) is 19.4 Å². The Bertz CT molecular complexity index is 597. The van der Waals surface area contributed by atoms with Crippen LogP contribution < -0.4 is 5.32 Å². The van der Waals surface area contributed by atoms with Gasteiger partial charge in [-0.15, -0.1) is 0 Å². The molecule has 0 saturated carbocycles. The molecule has 0 spiro atoms. The number of anilines is 1. The summed E-state index contributed by atoms with van der Waals surface area (Å²) in [7, 11) is 4.03. The minimum absolute atomic E-state index is 0.129. The number of hydrogen-bond acceptors (Lipinski definition) is 3. The Labute approximate surface area is 119 Å². The maximum atomic E-state index is 12.3. The van der Waals surface area contributed by atoms with Crippen molar-refractivity contribution in [1.82, 2.24) is 15.1 Å². The molecule has 20 heavy (non-hydrogen) atoms. The van der Waals surface area contributed by atoms with E-state index in [0.29, 0.717) is 11.3 Å². The number of aromatic nitrogens is 2. The zero-order valence-corrected chi connectivity index (χ0v) is 12.3. The number of rotatable bonds is 4. The summed E-state index contributed by atoms with van der Waals surface area (Å²) in [5, 5.41) is 9.79. The van der Waals surface area contributed by atoms with Crippen molar-refractivity contribution in [3.8, 4) is 0 Å². The number of H-pyrrole nitrogens is 1. The van der Waals surface area contributed by atoms with Crippen LogP contribution in [0.4, 0.5) is 5.69 Å². The quantitative estimate of drug-likeness (QED) is 0.898. The van der Waals surface area contributed by atoms with Crippen LogP contribution in [0.1, 0.15) is 27.3 Å². The lowest BCUT2D eigenvalue weighted by Gasteiger charge is -2.11. The van der Waals surface area contributed by atoms with Crippen LogP contribution in [0.25, 0.3) is 0 Å². The van der Waals surface area contributed by atoms with Crippen molar-refractivity contribution in [3.63, 3.8) is 0 Å². The van der Waals surface area contributed by atoms with Crippen molar-refractivity contribution in [2.24, 2.45) is 0 Å². The fourth-order valence-corrected chi connectivity index (χ4v) is 2.19. The first-order valence-corrected chi connectivity index (χ1v) is 6.54. The van der Waals surface area contributed by atoms with Crippen LogP contribution in [0, 0.1) is 13.8 Å². The Balaban J connectivity index is 2.16. The first-order valence-electron chi connectivity index (χ1n) is 6.54. The molecule has 0 aliphatic rings. The van der Waals surface area contributed by atoms with Gasteiger partial charge in [-0.3, -0.25) is 9.89 Å². The van der Waals surface area contributed by atoms with Crippen LogP contribution in [0.5, 0.6) is 0 Å². The van der Waals surface area contributed by atoms with E-state index in [1.54, 1.807) is 0 Å². The number of benzene rings is 1. The molecular weight excluding hydrogens is 252 g/mol. The normalized spacial score (nSPS) is 10.8. The number of amides is 1. The zero-order valence-electron chi connectivity index (χ0n) is 12.3. The van der Waals surface area contributed by atoms with E-state index in [9.17, 15) is 4.79 Å². The summed E-state index contributed by atoms with van der Waals surface area (Å²) < 4.78 is 0. The van der Waals surface area contributed by atoms with Gasteiger partial charge < -0.3 is 10.2 Å². The Morgan fingerprint density at radius 1 is 1.35 bits per heavy atom. The van der Waals surface area contributed by atoms with Gasteiger partial charge >= 0.3 is 0 Å². The standard InChI is InChI=1S/C15H20N4O/c1-10-14(11(2)18-17-10)15(20)16-13-7-5-6-12(8-13)9-19(3)4/h5-8H,9H2,1-4H3,(H,16,20)(H,17,18). The third-order valence-electron chi connectivity index (χ3n) is 3.04. The summed E-state index contributed by atoms with van der Waals surface area (Å²) in [6.07, 6.45) is 0. The molecular formula is C15H20N4O. The van der Waals surface area contributed by atoms with E-state index in [1.807, 2.05) is 52.2 Å². The van der Waals surface area contributed by atoms with Gasteiger partial charge in [0.25, 0.3) is 5.91 Å². The second kappa shape index (κ2) is 5.88. The maximum absolute atomic E-state index is 12.3. The highest BCUT2D eigenvalue weighted by molar-refractivity contribution is 6.05. The Morgan fingerprint density at radius 3 is 2.70 bits per heavy atom. The molecule has 1 aromatic heterocycles. The largest absolute Gasteiger partial charge is 0.322 e. The fraction of sp³-hybridized carbons (Fsp3) is 0.333. The molecule has 0 fully saturated rings. The summed E-state index contributed by atoms with van der Waals surface area (Å²) in [5.41, 5.74) is 4.07. The molecule has 0 atom stereocenters. The molecule has 2 rings (SSSR count). The molecule has 1 aromatic carbocycles. The molecule has 0 bridgehead atoms. The van der Waals surface area contributed by atoms with Crippen LogP contribution in [-0.2, 0) is 6.54 Å². The Hall–Kier alpha value is -2.14. The lowest BCUT2D eigenvalue weighted by molar-refractivity contribution is 0.102. The maximum Gasteiger partial charge on any atom is 0.259 e. The van der Waals surface area contributed by atoms with Gasteiger partial charge in [-0.1, -0.05) is 12.1 Å². The third-order valence-corrected chi connectivity index (χ3v) is 3.04. The molecule has 2 aromatic rings. The monoisotopic (exact) mass is 272 g/mol. The molecule has 1 amide bonds. The number of nitrogens with one attached hydrogen (secondary N) is 2. The first kappa shape index (κ1) is 14.3. The van der Waals surface area contributed by atoms with Gasteiger partial charge in [0.15, 0.2) is 0 Å². The Kier molecular flexibility index (Phi) is 4.20. The van der Waals surface area contributed by atoms with Crippen LogP contribution in [0.3, 0.4) is 0 Å². The highest BCUT2D eigenvalue weighted by Crippen LogP contribution is 2.15. The van der Waals surface area contributed by atoms with Crippen LogP contribution in [0.15, 0.2) is 24.3 Å². The first-order chi connectivity index (χ1) is 9.47. The number of aromatic amines is 1. The molecule has 2 N–H and O–H groups in total. The van der Waals surface area contributed by atoms with Crippen molar-refractivity contribution >= 4 is 11.6 Å². The second-order valence-electron chi connectivity index (χ2n) is 5.20. The van der Waals surface area contributed by atoms with Gasteiger partial charge in [-0.05, 0) is 45.6 Å². The van der Waals surface area contributed by atoms with Gasteiger partial charge in [0.2, 0.25) is 0 Å². The van der Waals surface area contributed by atoms with Crippen LogP contribution >= 0.6 is 0 Å². The predicted octanol–water partition coefficient (Wildman–Crippen LogP) is 2.34. The topological polar surface area (TPSA) is 61.0 Å². The minimum atomic E-state index is -0.129. The number of hydrogen-bond donors (Lipinski definition) is 2. The lowest BCUT2D eigenvalue weighted by Crippen LogP contribution is -2.14. The van der Waals surface area contributed by atoms with Crippen molar-refractivity contribution in [2.45, 2.75) is 20.4 Å². The number of carbonyl (C=O) groups excluding carboxylic acids is 1. The van der Waals surface area contributed by atoms with Gasteiger partial charge in [-0.2, -0.15) is 5.10 Å². The molecule has 5 heteroatoms. The summed E-state index contributed by atoms with van der Waals surface area (Å²) in [5.74, 6) is -0.129. The minimum Gasteiger partial charge on any atom is -0.322 e. The molecule has 106 valence electrons. The van der Waals surface area contributed by atoms with E-state index in [2.05, 4.69) is 20.4 Å². The zero-order chi connectivity index (χ0) is 14.7. The van der Waals surface area contributed by atoms with E-state index >= 15 is 0 Å². The molecule has 5 nitrogen and oxygen atoms in total. The molecule has 0 radical (unpaired) electrons. The number of aryl methyl sites for hydroxylation is 2. The number of nitrogens with zero attached hydrogens (tertiary/aromatic N) is 2. The smallest absolute Gasteiger partial charge is 0.259 e. The van der Waals surface area contributed by atoms with Gasteiger partial charge in [0.05, 0.1) is 11.3 Å². The van der Waals surface area contributed by atoms with Crippen molar-refractivity contribution < 1.29 is 4.79 Å². The van der Waals surface area contributed by atoms with Gasteiger partial charge in [0, 0.05) is 17.9 Å². The number of carbonyl (C=O) groups is 1. The van der Waals surface area contributed by atoms with E-state index in [1.165, 1.54) is 0 Å². The van der Waals surface area contributed by atoms with Crippen LogP contribution in [0.2, 0.25) is 0 Å². The summed E-state index contributed by atoms with van der Waals surface area (Å²) in [4.78, 5) is 14.4. The average molecular weight is 272 g/mol. The third kappa shape index (κ3) is 3.24. The van der Waals surface area contributed by atoms with E-state index < -0.39 is 0 Å². The van der Waals surface area contributed by atoms with E-state index in [4.69, 9.17) is 0 Å². The molecule has 0 saturated heterocycles. The molecule has 0 aliphatic carbocycles. The predicted molar refractivity (Wildman–Crippen MR) is 79.8 cm³/mol. The van der Waals surface area contributed by atoms with Gasteiger partial charge in [-0.25, -0.2) is 0 Å². The average Bonchev–Trinajstić information content (AvgIpc) is 2.68. The molecule has 0 unspecified atom stereocenters. The fourth-order valence-electron chi connectivity index (χ4n) is 2.19. The van der Waals surface area contributed by atoms with Crippen molar-refractivity contribution in [1.29, 1.82) is 0 Å². The SMILES string of the molecule is Cc1n[nH]c(C)c1C(=O)Nc1cccc(CN(C)C)c1. The summed E-state index contributed by atoms with van der Waals surface area (Å²) >= 11 is 0. The van der Waals surface area contributed by atoms with Crippen molar-refractivity contribution in [3.05, 3.63) is 46.8 Å². The van der Waals surface area contributed by atoms with Gasteiger partial charge in [0.1, 0.15) is 0 Å². The summed E-state index contributed by atoms with van der Waals surface area (Å²) in [6.45, 7) is 4.51. The summed E-state index contributed by atoms with van der Waals surface area (Å²) in [6, 6.07) is 7.87. The highest BCUT2D eigenvalue weighted by atomic mass is 16.1. The molecule has 1 heterocycles.